The molecule has 0 aliphatic carbocycles. The SMILES string of the molecule is CCCNc1ccc(N2C(=O)Cc3ccc(C(=O)O)cc3C2=O)cc1-c1nc2cc(Cl)ccc2o1. The second-order valence-electron chi connectivity index (χ2n) is 8.18. The van der Waals surface area contributed by atoms with Gasteiger partial charge in [-0.1, -0.05) is 24.6 Å². The molecule has 0 spiro atoms. The van der Waals surface area contributed by atoms with Gasteiger partial charge in [-0.2, -0.15) is 0 Å². The lowest BCUT2D eigenvalue weighted by Gasteiger charge is -2.27. The van der Waals surface area contributed by atoms with E-state index >= 15 is 0 Å². The minimum Gasteiger partial charge on any atom is -0.478 e. The number of aromatic carboxylic acids is 1. The summed E-state index contributed by atoms with van der Waals surface area (Å²) >= 11 is 6.09. The molecule has 1 aliphatic rings. The molecule has 0 unspecified atom stereocenters. The first-order chi connectivity index (χ1) is 16.9. The number of carboxylic acids is 1. The Morgan fingerprint density at radius 3 is 2.71 bits per heavy atom. The van der Waals surface area contributed by atoms with E-state index in [1.165, 1.54) is 18.2 Å². The Morgan fingerprint density at radius 2 is 1.94 bits per heavy atom. The van der Waals surface area contributed by atoms with Gasteiger partial charge in [-0.05, 0) is 60.5 Å². The number of amides is 2. The number of oxazole rings is 1. The zero-order valence-electron chi connectivity index (χ0n) is 18.7. The van der Waals surface area contributed by atoms with Crippen LogP contribution in [0.3, 0.4) is 0 Å². The lowest BCUT2D eigenvalue weighted by molar-refractivity contribution is -0.117. The number of carbonyl (C=O) groups is 3. The largest absolute Gasteiger partial charge is 0.478 e. The number of nitrogens with zero attached hydrogens (tertiary/aromatic N) is 2. The molecule has 35 heavy (non-hydrogen) atoms. The van der Waals surface area contributed by atoms with Gasteiger partial charge in [-0.3, -0.25) is 9.59 Å². The molecule has 2 N–H and O–H groups in total. The van der Waals surface area contributed by atoms with Gasteiger partial charge in [0.05, 0.1) is 23.2 Å². The second-order valence-corrected chi connectivity index (χ2v) is 8.61. The summed E-state index contributed by atoms with van der Waals surface area (Å²) in [6.07, 6.45) is 0.865. The molecule has 1 aliphatic heterocycles. The quantitative estimate of drug-likeness (QED) is 0.349. The average molecular weight is 490 g/mol. The van der Waals surface area contributed by atoms with Crippen LogP contribution < -0.4 is 10.2 Å². The summed E-state index contributed by atoms with van der Waals surface area (Å²) in [5.74, 6) is -1.82. The van der Waals surface area contributed by atoms with Crippen LogP contribution in [0.5, 0.6) is 0 Å². The molecule has 8 nitrogen and oxygen atoms in total. The molecule has 5 rings (SSSR count). The van der Waals surface area contributed by atoms with Crippen molar-refractivity contribution >= 4 is 51.9 Å². The third kappa shape index (κ3) is 4.13. The van der Waals surface area contributed by atoms with Gasteiger partial charge in [0.2, 0.25) is 11.8 Å². The Balaban J connectivity index is 1.61. The normalized spacial score (nSPS) is 13.3. The standard InChI is InChI=1S/C26H20ClN3O5/c1-2-9-28-20-7-6-17(13-19(20)24-29-21-12-16(27)5-8-22(21)35-24)30-23(31)11-14-3-4-15(26(33)34)10-18(14)25(30)32/h3-8,10,12-13,28H,2,9,11H2,1H3,(H,33,34). The van der Waals surface area contributed by atoms with Crippen molar-refractivity contribution in [2.45, 2.75) is 19.8 Å². The summed E-state index contributed by atoms with van der Waals surface area (Å²) < 4.78 is 5.96. The number of benzene rings is 3. The van der Waals surface area contributed by atoms with Crippen molar-refractivity contribution in [3.63, 3.8) is 0 Å². The number of imide groups is 1. The summed E-state index contributed by atoms with van der Waals surface area (Å²) in [5.41, 5.74) is 3.46. The molecule has 9 heteroatoms. The predicted octanol–water partition coefficient (Wildman–Crippen LogP) is 5.40. The lowest BCUT2D eigenvalue weighted by Crippen LogP contribution is -2.42. The third-order valence-electron chi connectivity index (χ3n) is 5.79. The summed E-state index contributed by atoms with van der Waals surface area (Å²) in [4.78, 5) is 43.4. The van der Waals surface area contributed by atoms with E-state index in [0.29, 0.717) is 45.4 Å². The van der Waals surface area contributed by atoms with Gasteiger partial charge < -0.3 is 14.8 Å². The molecule has 2 heterocycles. The van der Waals surface area contributed by atoms with E-state index in [9.17, 15) is 19.5 Å². The number of aromatic nitrogens is 1. The Kier molecular flexibility index (Phi) is 5.74. The van der Waals surface area contributed by atoms with Crippen molar-refractivity contribution in [3.05, 3.63) is 76.3 Å². The summed E-state index contributed by atoms with van der Waals surface area (Å²) in [6.45, 7) is 2.74. The number of hydrogen-bond donors (Lipinski definition) is 2. The van der Waals surface area contributed by atoms with E-state index in [2.05, 4.69) is 10.3 Å². The Labute approximate surface area is 205 Å². The highest BCUT2D eigenvalue weighted by Gasteiger charge is 2.33. The molecule has 0 radical (unpaired) electrons. The van der Waals surface area contributed by atoms with Crippen molar-refractivity contribution in [3.8, 4) is 11.5 Å². The van der Waals surface area contributed by atoms with Crippen LogP contribution in [0, 0.1) is 0 Å². The molecule has 2 amide bonds. The summed E-state index contributed by atoms with van der Waals surface area (Å²) in [5, 5.41) is 13.2. The van der Waals surface area contributed by atoms with Crippen LogP contribution in [-0.2, 0) is 11.2 Å². The highest BCUT2D eigenvalue weighted by molar-refractivity contribution is 6.31. The van der Waals surface area contributed by atoms with Crippen LogP contribution in [0.1, 0.15) is 39.6 Å². The molecule has 3 aromatic carbocycles. The highest BCUT2D eigenvalue weighted by Crippen LogP contribution is 2.36. The molecule has 0 bridgehead atoms. The fourth-order valence-corrected chi connectivity index (χ4v) is 4.24. The number of halogens is 1. The molecule has 0 saturated heterocycles. The van der Waals surface area contributed by atoms with Crippen molar-refractivity contribution in [2.75, 3.05) is 16.8 Å². The monoisotopic (exact) mass is 489 g/mol. The lowest BCUT2D eigenvalue weighted by atomic mass is 9.95. The first-order valence-corrected chi connectivity index (χ1v) is 11.4. The number of carboxylic acid groups (broad SMARTS) is 1. The molecular formula is C26H20ClN3O5. The summed E-state index contributed by atoms with van der Waals surface area (Å²) in [7, 11) is 0. The number of fused-ring (bicyclic) bond motifs is 2. The van der Waals surface area contributed by atoms with Crippen molar-refractivity contribution < 1.29 is 23.9 Å². The highest BCUT2D eigenvalue weighted by atomic mass is 35.5. The summed E-state index contributed by atoms with van der Waals surface area (Å²) in [6, 6.07) is 14.5. The molecular weight excluding hydrogens is 470 g/mol. The van der Waals surface area contributed by atoms with Crippen LogP contribution in [0.2, 0.25) is 5.02 Å². The molecule has 0 fully saturated rings. The van der Waals surface area contributed by atoms with Crippen molar-refractivity contribution in [1.29, 1.82) is 0 Å². The maximum Gasteiger partial charge on any atom is 0.335 e. The first-order valence-electron chi connectivity index (χ1n) is 11.0. The number of carbonyl (C=O) groups excluding carboxylic acids is 2. The molecule has 4 aromatic rings. The zero-order chi connectivity index (χ0) is 24.7. The van der Waals surface area contributed by atoms with Crippen molar-refractivity contribution in [2.24, 2.45) is 0 Å². The van der Waals surface area contributed by atoms with Gasteiger partial charge in [-0.15, -0.1) is 0 Å². The first kappa shape index (κ1) is 22.6. The van der Waals surface area contributed by atoms with Crippen LogP contribution in [-0.4, -0.2) is 34.4 Å². The van der Waals surface area contributed by atoms with E-state index in [1.54, 1.807) is 36.4 Å². The smallest absolute Gasteiger partial charge is 0.335 e. The van der Waals surface area contributed by atoms with E-state index in [4.69, 9.17) is 16.0 Å². The maximum atomic E-state index is 13.3. The molecule has 176 valence electrons. The van der Waals surface area contributed by atoms with Crippen LogP contribution >= 0.6 is 11.6 Å². The predicted molar refractivity (Wildman–Crippen MR) is 132 cm³/mol. The molecule has 1 aromatic heterocycles. The maximum absolute atomic E-state index is 13.3. The van der Waals surface area contributed by atoms with Gasteiger partial charge in [-0.25, -0.2) is 14.7 Å². The van der Waals surface area contributed by atoms with E-state index in [-0.39, 0.29) is 17.5 Å². The van der Waals surface area contributed by atoms with Crippen molar-refractivity contribution in [1.82, 2.24) is 4.98 Å². The Hall–Kier alpha value is -4.17. The number of hydrogen-bond acceptors (Lipinski definition) is 6. The average Bonchev–Trinajstić information content (AvgIpc) is 3.26. The molecule has 0 atom stereocenters. The van der Waals surface area contributed by atoms with Gasteiger partial charge in [0.1, 0.15) is 5.52 Å². The topological polar surface area (TPSA) is 113 Å². The third-order valence-corrected chi connectivity index (χ3v) is 6.02. The van der Waals surface area contributed by atoms with E-state index in [0.717, 1.165) is 17.0 Å². The van der Waals surface area contributed by atoms with E-state index in [1.807, 2.05) is 6.92 Å². The Morgan fingerprint density at radius 1 is 1.11 bits per heavy atom. The van der Waals surface area contributed by atoms with E-state index < -0.39 is 17.8 Å². The number of anilines is 2. The van der Waals surface area contributed by atoms with Gasteiger partial charge in [0.25, 0.3) is 5.91 Å². The number of rotatable bonds is 6. The second kappa shape index (κ2) is 8.88. The minimum absolute atomic E-state index is 0.0173. The van der Waals surface area contributed by atoms with Gasteiger partial charge in [0.15, 0.2) is 5.58 Å². The molecule has 0 saturated carbocycles. The fraction of sp³-hybridized carbons (Fsp3) is 0.154. The Bertz CT molecular complexity index is 1510. The number of nitrogens with one attached hydrogen (secondary N) is 1. The van der Waals surface area contributed by atoms with Gasteiger partial charge in [0, 0.05) is 22.8 Å². The van der Waals surface area contributed by atoms with Crippen LogP contribution in [0.25, 0.3) is 22.6 Å². The van der Waals surface area contributed by atoms with Gasteiger partial charge >= 0.3 is 5.97 Å². The zero-order valence-corrected chi connectivity index (χ0v) is 19.4. The minimum atomic E-state index is -1.14. The van der Waals surface area contributed by atoms with Crippen LogP contribution in [0.15, 0.2) is 59.0 Å². The fourth-order valence-electron chi connectivity index (χ4n) is 4.08. The van der Waals surface area contributed by atoms with Crippen LogP contribution in [0.4, 0.5) is 11.4 Å².